The van der Waals surface area contributed by atoms with E-state index in [0.29, 0.717) is 12.6 Å². The number of carboxylic acids is 1. The van der Waals surface area contributed by atoms with Crippen LogP contribution in [0.5, 0.6) is 0 Å². The topological polar surface area (TPSA) is 71.9 Å². The van der Waals surface area contributed by atoms with Crippen LogP contribution in [-0.4, -0.2) is 65.1 Å². The van der Waals surface area contributed by atoms with E-state index in [1.807, 2.05) is 19.1 Å². The van der Waals surface area contributed by atoms with Crippen LogP contribution in [0.15, 0.2) is 30.9 Å². The number of ether oxygens (including phenoxy) is 2. The molecule has 0 unspecified atom stereocenters. The number of aliphatic carboxylic acids is 1. The highest BCUT2D eigenvalue weighted by molar-refractivity contribution is 5.73. The molecule has 0 radical (unpaired) electrons. The average Bonchev–Trinajstić information content (AvgIpc) is 2.97. The lowest BCUT2D eigenvalue weighted by molar-refractivity contribution is -0.192. The number of alkyl halides is 3. The Morgan fingerprint density at radius 2 is 2.21 bits per heavy atom. The number of rotatable bonds is 5. The van der Waals surface area contributed by atoms with Crippen LogP contribution in [0.4, 0.5) is 13.2 Å². The summed E-state index contributed by atoms with van der Waals surface area (Å²) in [5.41, 5.74) is 2.20. The maximum atomic E-state index is 10.6. The molecule has 156 valence electrons. The predicted octanol–water partition coefficient (Wildman–Crippen LogP) is 2.96. The Labute approximate surface area is 162 Å². The molecule has 2 aliphatic rings. The molecule has 1 N–H and O–H groups in total. The summed E-state index contributed by atoms with van der Waals surface area (Å²) in [6.07, 6.45) is -0.609. The van der Waals surface area contributed by atoms with Gasteiger partial charge in [-0.05, 0) is 31.9 Å². The Balaban J connectivity index is 0.000000345. The Hall–Kier alpha value is -1.97. The van der Waals surface area contributed by atoms with Gasteiger partial charge < -0.3 is 14.6 Å². The minimum Gasteiger partial charge on any atom is -0.475 e. The normalized spacial score (nSPS) is 24.8. The van der Waals surface area contributed by atoms with Gasteiger partial charge in [0.25, 0.3) is 0 Å². The van der Waals surface area contributed by atoms with E-state index in [-0.39, 0.29) is 12.2 Å². The van der Waals surface area contributed by atoms with Gasteiger partial charge in [0.2, 0.25) is 0 Å². The molecule has 0 aliphatic carbocycles. The Bertz CT molecular complexity index is 669. The Kier molecular flexibility index (Phi) is 7.97. The minimum absolute atomic E-state index is 0.151. The van der Waals surface area contributed by atoms with Crippen molar-refractivity contribution in [3.05, 3.63) is 42.2 Å². The third kappa shape index (κ3) is 6.29. The minimum atomic E-state index is -5.08. The van der Waals surface area contributed by atoms with Gasteiger partial charge in [-0.25, -0.2) is 4.79 Å². The van der Waals surface area contributed by atoms with E-state index in [1.54, 1.807) is 0 Å². The molecule has 0 aromatic carbocycles. The quantitative estimate of drug-likeness (QED) is 0.764. The second kappa shape index (κ2) is 9.99. The number of hydrogen-bond donors (Lipinski definition) is 1. The van der Waals surface area contributed by atoms with E-state index in [2.05, 4.69) is 28.6 Å². The van der Waals surface area contributed by atoms with Gasteiger partial charge >= 0.3 is 12.1 Å². The maximum Gasteiger partial charge on any atom is 0.490 e. The first-order chi connectivity index (χ1) is 13.2. The number of carboxylic acid groups (broad SMARTS) is 1. The van der Waals surface area contributed by atoms with Gasteiger partial charge in [0.15, 0.2) is 0 Å². The number of nitrogens with zero attached hydrogens (tertiary/aromatic N) is 2. The largest absolute Gasteiger partial charge is 0.490 e. The number of likely N-dealkylation sites (tertiary alicyclic amines) is 1. The molecule has 0 bridgehead atoms. The van der Waals surface area contributed by atoms with Crippen LogP contribution in [0.25, 0.3) is 0 Å². The summed E-state index contributed by atoms with van der Waals surface area (Å²) in [6.45, 7) is 9.00. The Morgan fingerprint density at radius 3 is 2.82 bits per heavy atom. The summed E-state index contributed by atoms with van der Waals surface area (Å²) in [6, 6.07) is 6.67. The number of hydrogen-bond acceptors (Lipinski definition) is 5. The van der Waals surface area contributed by atoms with Crippen LogP contribution >= 0.6 is 0 Å². The number of aromatic nitrogens is 1. The lowest BCUT2D eigenvalue weighted by Gasteiger charge is -2.32. The van der Waals surface area contributed by atoms with Gasteiger partial charge in [0, 0.05) is 31.4 Å². The lowest BCUT2D eigenvalue weighted by Crippen LogP contribution is -2.41. The van der Waals surface area contributed by atoms with E-state index in [4.69, 9.17) is 19.4 Å². The number of carbonyl (C=O) groups is 1. The summed E-state index contributed by atoms with van der Waals surface area (Å²) in [5.74, 6) is -2.76. The van der Waals surface area contributed by atoms with Crippen molar-refractivity contribution in [3.63, 3.8) is 0 Å². The number of pyridine rings is 1. The van der Waals surface area contributed by atoms with Gasteiger partial charge in [-0.3, -0.25) is 9.88 Å². The fourth-order valence-electron chi connectivity index (χ4n) is 3.42. The molecule has 3 rings (SSSR count). The van der Waals surface area contributed by atoms with Crippen LogP contribution in [-0.2, 0) is 20.8 Å². The van der Waals surface area contributed by atoms with Crippen molar-refractivity contribution in [1.82, 2.24) is 9.88 Å². The fourth-order valence-corrected chi connectivity index (χ4v) is 3.42. The number of aryl methyl sites for hydroxylation is 1. The Morgan fingerprint density at radius 1 is 1.50 bits per heavy atom. The number of halogens is 3. The zero-order valence-corrected chi connectivity index (χ0v) is 15.7. The standard InChI is InChI=1S/C17H24N2O2.C2HF3O2/c1-3-9-20-16-12-19(15-8-5-10-21-17(15)16)11-14-7-4-6-13(2)18-14;3-2(4,5)1(6)7/h3-4,6-7,15-17H,1,5,8-12H2,2H3;(H,6,7)/t15-,16+,17+;/m1./s1. The van der Waals surface area contributed by atoms with Crippen LogP contribution in [0.2, 0.25) is 0 Å². The summed E-state index contributed by atoms with van der Waals surface area (Å²) in [7, 11) is 0. The molecule has 0 spiro atoms. The van der Waals surface area contributed by atoms with Crippen LogP contribution < -0.4 is 0 Å². The summed E-state index contributed by atoms with van der Waals surface area (Å²) >= 11 is 0. The zero-order valence-electron chi connectivity index (χ0n) is 15.7. The highest BCUT2D eigenvalue weighted by Crippen LogP contribution is 2.31. The van der Waals surface area contributed by atoms with Crippen LogP contribution in [0.3, 0.4) is 0 Å². The molecule has 2 fully saturated rings. The second-order valence-electron chi connectivity index (χ2n) is 6.71. The molecule has 2 saturated heterocycles. The van der Waals surface area contributed by atoms with Gasteiger partial charge in [-0.1, -0.05) is 12.1 Å². The molecule has 28 heavy (non-hydrogen) atoms. The molecule has 6 nitrogen and oxygen atoms in total. The van der Waals surface area contributed by atoms with E-state index in [1.165, 1.54) is 6.42 Å². The predicted molar refractivity (Wildman–Crippen MR) is 95.8 cm³/mol. The van der Waals surface area contributed by atoms with Crippen molar-refractivity contribution in [2.24, 2.45) is 0 Å². The van der Waals surface area contributed by atoms with Crippen LogP contribution in [0.1, 0.15) is 24.2 Å². The smallest absolute Gasteiger partial charge is 0.475 e. The van der Waals surface area contributed by atoms with Crippen molar-refractivity contribution in [1.29, 1.82) is 0 Å². The molecular weight excluding hydrogens is 377 g/mol. The van der Waals surface area contributed by atoms with Gasteiger partial charge in [-0.15, -0.1) is 6.58 Å². The molecule has 1 aromatic heterocycles. The number of fused-ring (bicyclic) bond motifs is 1. The molecule has 9 heteroatoms. The average molecular weight is 402 g/mol. The highest BCUT2D eigenvalue weighted by Gasteiger charge is 2.44. The fraction of sp³-hybridized carbons (Fsp3) is 0.579. The maximum absolute atomic E-state index is 10.6. The highest BCUT2D eigenvalue weighted by atomic mass is 19.4. The zero-order chi connectivity index (χ0) is 20.7. The van der Waals surface area contributed by atoms with Gasteiger partial charge in [0.05, 0.1) is 18.4 Å². The SMILES string of the molecule is C=CCO[C@H]1CN(Cc2cccc(C)n2)[C@@H]2CCCO[C@H]12.O=C(O)C(F)(F)F. The van der Waals surface area contributed by atoms with Crippen molar-refractivity contribution in [2.45, 2.75) is 50.7 Å². The molecule has 0 saturated carbocycles. The first kappa shape index (κ1) is 22.3. The summed E-state index contributed by atoms with van der Waals surface area (Å²) in [4.78, 5) is 16.0. The summed E-state index contributed by atoms with van der Waals surface area (Å²) in [5, 5.41) is 7.12. The molecule has 1 aromatic rings. The molecule has 2 aliphatic heterocycles. The van der Waals surface area contributed by atoms with E-state index >= 15 is 0 Å². The molecule has 3 atom stereocenters. The lowest BCUT2D eigenvalue weighted by atomic mass is 10.0. The first-order valence-electron chi connectivity index (χ1n) is 9.03. The monoisotopic (exact) mass is 402 g/mol. The molecular formula is C19H25F3N2O4. The van der Waals surface area contributed by atoms with Crippen LogP contribution in [0, 0.1) is 6.92 Å². The molecule has 3 heterocycles. The third-order valence-corrected chi connectivity index (χ3v) is 4.57. The molecule has 0 amide bonds. The first-order valence-corrected chi connectivity index (χ1v) is 9.03. The van der Waals surface area contributed by atoms with E-state index in [0.717, 1.165) is 37.5 Å². The van der Waals surface area contributed by atoms with Crippen molar-refractivity contribution in [2.75, 3.05) is 19.8 Å². The van der Waals surface area contributed by atoms with Gasteiger partial charge in [-0.2, -0.15) is 13.2 Å². The van der Waals surface area contributed by atoms with Gasteiger partial charge in [0.1, 0.15) is 6.10 Å². The van der Waals surface area contributed by atoms with E-state index < -0.39 is 12.1 Å². The summed E-state index contributed by atoms with van der Waals surface area (Å²) < 4.78 is 43.6. The third-order valence-electron chi connectivity index (χ3n) is 4.57. The second-order valence-corrected chi connectivity index (χ2v) is 6.71. The van der Waals surface area contributed by atoms with E-state index in [9.17, 15) is 13.2 Å². The van der Waals surface area contributed by atoms with Crippen molar-refractivity contribution in [3.8, 4) is 0 Å². The van der Waals surface area contributed by atoms with Crippen molar-refractivity contribution < 1.29 is 32.5 Å². The van der Waals surface area contributed by atoms with Crippen molar-refractivity contribution >= 4 is 5.97 Å².